The van der Waals surface area contributed by atoms with Gasteiger partial charge in [-0.25, -0.2) is 0 Å². The van der Waals surface area contributed by atoms with Gasteiger partial charge in [0.1, 0.15) is 0 Å². The Morgan fingerprint density at radius 1 is 1.53 bits per heavy atom. The smallest absolute Gasteiger partial charge is 0.0726 e. The van der Waals surface area contributed by atoms with Gasteiger partial charge < -0.3 is 15.8 Å². The van der Waals surface area contributed by atoms with Crippen molar-refractivity contribution in [2.45, 2.75) is 45.8 Å². The van der Waals surface area contributed by atoms with Crippen LogP contribution in [-0.4, -0.2) is 31.3 Å². The molecule has 0 aromatic carbocycles. The Balaban J connectivity index is 2.41. The second-order valence-corrected chi connectivity index (χ2v) is 5.30. The lowest BCUT2D eigenvalue weighted by Gasteiger charge is -2.32. The van der Waals surface area contributed by atoms with Crippen LogP contribution in [0.3, 0.4) is 0 Å². The van der Waals surface area contributed by atoms with Crippen molar-refractivity contribution in [2.24, 2.45) is 17.6 Å². The molecular weight excluding hydrogens is 188 g/mol. The van der Waals surface area contributed by atoms with Crippen molar-refractivity contribution in [3.8, 4) is 0 Å². The predicted octanol–water partition coefficient (Wildman–Crippen LogP) is 1.37. The van der Waals surface area contributed by atoms with Gasteiger partial charge in [-0.15, -0.1) is 0 Å². The summed E-state index contributed by atoms with van der Waals surface area (Å²) >= 11 is 0. The van der Waals surface area contributed by atoms with E-state index in [9.17, 15) is 0 Å². The van der Waals surface area contributed by atoms with Crippen molar-refractivity contribution >= 4 is 0 Å². The Morgan fingerprint density at radius 3 is 2.60 bits per heavy atom. The lowest BCUT2D eigenvalue weighted by molar-refractivity contribution is 0.0862. The molecule has 0 bridgehead atoms. The minimum Gasteiger partial charge on any atom is -0.377 e. The van der Waals surface area contributed by atoms with E-state index in [4.69, 9.17) is 10.5 Å². The van der Waals surface area contributed by atoms with Crippen molar-refractivity contribution in [1.29, 1.82) is 0 Å². The van der Waals surface area contributed by atoms with Gasteiger partial charge in [-0.05, 0) is 38.6 Å². The van der Waals surface area contributed by atoms with Gasteiger partial charge in [-0.2, -0.15) is 0 Å². The summed E-state index contributed by atoms with van der Waals surface area (Å²) in [5.41, 5.74) is 5.91. The molecule has 1 rings (SSSR count). The predicted molar refractivity (Wildman–Crippen MR) is 63.8 cm³/mol. The summed E-state index contributed by atoms with van der Waals surface area (Å²) in [5.74, 6) is 1.21. The van der Waals surface area contributed by atoms with Crippen LogP contribution in [0.2, 0.25) is 0 Å². The molecular formula is C12H26N2O. The highest BCUT2D eigenvalue weighted by Crippen LogP contribution is 2.25. The molecule has 0 aromatic rings. The van der Waals surface area contributed by atoms with Crippen LogP contribution in [0.1, 0.15) is 34.1 Å². The lowest BCUT2D eigenvalue weighted by Crippen LogP contribution is -2.50. The minimum absolute atomic E-state index is 0.141. The molecule has 1 aliphatic rings. The molecule has 0 aliphatic carbocycles. The third kappa shape index (κ3) is 3.16. The third-order valence-corrected chi connectivity index (χ3v) is 3.90. The Hall–Kier alpha value is -0.120. The molecule has 0 radical (unpaired) electrons. The maximum atomic E-state index is 5.76. The number of hydrogen-bond donors (Lipinski definition) is 2. The fourth-order valence-corrected chi connectivity index (χ4v) is 2.02. The molecule has 1 heterocycles. The summed E-state index contributed by atoms with van der Waals surface area (Å²) in [6.45, 7) is 11.5. The fourth-order valence-electron chi connectivity index (χ4n) is 2.02. The van der Waals surface area contributed by atoms with Crippen LogP contribution in [0.5, 0.6) is 0 Å². The van der Waals surface area contributed by atoms with Crippen LogP contribution in [0, 0.1) is 11.8 Å². The van der Waals surface area contributed by atoms with Gasteiger partial charge in [0.05, 0.1) is 6.10 Å². The second-order valence-electron chi connectivity index (χ2n) is 5.30. The molecule has 1 saturated heterocycles. The quantitative estimate of drug-likeness (QED) is 0.727. The summed E-state index contributed by atoms with van der Waals surface area (Å²) in [5, 5.41) is 3.64. The Kier molecular flexibility index (Phi) is 4.56. The van der Waals surface area contributed by atoms with E-state index in [2.05, 4.69) is 33.0 Å². The van der Waals surface area contributed by atoms with Gasteiger partial charge in [0.2, 0.25) is 0 Å². The summed E-state index contributed by atoms with van der Waals surface area (Å²) in [4.78, 5) is 0. The number of nitrogens with one attached hydrogen (secondary N) is 1. The zero-order valence-corrected chi connectivity index (χ0v) is 10.5. The average molecular weight is 214 g/mol. The monoisotopic (exact) mass is 214 g/mol. The molecule has 3 N–H and O–H groups in total. The number of ether oxygens (including phenoxy) is 1. The van der Waals surface area contributed by atoms with Crippen molar-refractivity contribution in [3.05, 3.63) is 0 Å². The van der Waals surface area contributed by atoms with Crippen molar-refractivity contribution in [1.82, 2.24) is 5.32 Å². The molecule has 15 heavy (non-hydrogen) atoms. The minimum atomic E-state index is 0.141. The van der Waals surface area contributed by atoms with Crippen molar-refractivity contribution in [2.75, 3.05) is 19.7 Å². The summed E-state index contributed by atoms with van der Waals surface area (Å²) < 4.78 is 5.60. The van der Waals surface area contributed by atoms with E-state index in [1.165, 1.54) is 0 Å². The van der Waals surface area contributed by atoms with Gasteiger partial charge in [0.15, 0.2) is 0 Å². The highest BCUT2D eigenvalue weighted by Gasteiger charge is 2.36. The Bertz CT molecular complexity index is 196. The molecule has 90 valence electrons. The van der Waals surface area contributed by atoms with E-state index in [1.54, 1.807) is 0 Å². The van der Waals surface area contributed by atoms with E-state index in [-0.39, 0.29) is 5.54 Å². The van der Waals surface area contributed by atoms with E-state index >= 15 is 0 Å². The molecule has 3 atom stereocenters. The van der Waals surface area contributed by atoms with Gasteiger partial charge >= 0.3 is 0 Å². The van der Waals surface area contributed by atoms with Crippen LogP contribution in [0.15, 0.2) is 0 Å². The number of rotatable bonds is 5. The van der Waals surface area contributed by atoms with Crippen LogP contribution < -0.4 is 11.1 Å². The molecule has 3 unspecified atom stereocenters. The maximum Gasteiger partial charge on any atom is 0.0726 e. The molecule has 0 amide bonds. The van der Waals surface area contributed by atoms with Gasteiger partial charge in [0, 0.05) is 18.7 Å². The molecule has 3 heteroatoms. The lowest BCUT2D eigenvalue weighted by atomic mass is 9.91. The maximum absolute atomic E-state index is 5.76. The first-order valence-corrected chi connectivity index (χ1v) is 6.06. The molecule has 3 nitrogen and oxygen atoms in total. The van der Waals surface area contributed by atoms with Crippen molar-refractivity contribution in [3.63, 3.8) is 0 Å². The topological polar surface area (TPSA) is 47.3 Å². The molecule has 0 aromatic heterocycles. The SMILES string of the molecule is CC(C)C(CN)CNC1(C)CCOC1C. The zero-order valence-electron chi connectivity index (χ0n) is 10.5. The average Bonchev–Trinajstić information content (AvgIpc) is 2.48. The highest BCUT2D eigenvalue weighted by molar-refractivity contribution is 4.94. The van der Waals surface area contributed by atoms with Crippen LogP contribution >= 0.6 is 0 Å². The Morgan fingerprint density at radius 2 is 2.20 bits per heavy atom. The van der Waals surface area contributed by atoms with E-state index in [1.807, 2.05) is 0 Å². The van der Waals surface area contributed by atoms with Crippen LogP contribution in [0.4, 0.5) is 0 Å². The first kappa shape index (κ1) is 12.9. The summed E-state index contributed by atoms with van der Waals surface area (Å²) in [7, 11) is 0. The van der Waals surface area contributed by atoms with E-state index in [0.717, 1.165) is 26.1 Å². The molecule has 1 fully saturated rings. The second kappa shape index (κ2) is 5.28. The standard InChI is InChI=1S/C12H26N2O/c1-9(2)11(7-13)8-14-12(4)5-6-15-10(12)3/h9-11,14H,5-8,13H2,1-4H3. The fraction of sp³-hybridized carbons (Fsp3) is 1.00. The van der Waals surface area contributed by atoms with Gasteiger partial charge in [0.25, 0.3) is 0 Å². The third-order valence-electron chi connectivity index (χ3n) is 3.90. The highest BCUT2D eigenvalue weighted by atomic mass is 16.5. The van der Waals surface area contributed by atoms with Crippen LogP contribution in [-0.2, 0) is 4.74 Å². The van der Waals surface area contributed by atoms with Gasteiger partial charge in [-0.1, -0.05) is 13.8 Å². The van der Waals surface area contributed by atoms with Gasteiger partial charge in [-0.3, -0.25) is 0 Å². The number of nitrogens with two attached hydrogens (primary N) is 1. The molecule has 1 aliphatic heterocycles. The number of hydrogen-bond acceptors (Lipinski definition) is 3. The zero-order chi connectivity index (χ0) is 11.5. The first-order chi connectivity index (χ1) is 6.99. The molecule has 0 saturated carbocycles. The van der Waals surface area contributed by atoms with Crippen LogP contribution in [0.25, 0.3) is 0 Å². The first-order valence-electron chi connectivity index (χ1n) is 6.06. The summed E-state index contributed by atoms with van der Waals surface area (Å²) in [6.07, 6.45) is 1.41. The Labute approximate surface area is 93.8 Å². The van der Waals surface area contributed by atoms with E-state index < -0.39 is 0 Å². The van der Waals surface area contributed by atoms with Crippen molar-refractivity contribution < 1.29 is 4.74 Å². The largest absolute Gasteiger partial charge is 0.377 e. The normalized spacial score (nSPS) is 33.6. The van der Waals surface area contributed by atoms with E-state index in [0.29, 0.717) is 17.9 Å². The molecule has 0 spiro atoms. The summed E-state index contributed by atoms with van der Waals surface area (Å²) in [6, 6.07) is 0.